The zero-order chi connectivity index (χ0) is 11.4. The van der Waals surface area contributed by atoms with Crippen LogP contribution in [0.25, 0.3) is 0 Å². The molecular formula is C8H13N5O2. The molecule has 0 spiro atoms. The summed E-state index contributed by atoms with van der Waals surface area (Å²) in [4.78, 5) is 21.8. The highest BCUT2D eigenvalue weighted by Crippen LogP contribution is 2.02. The van der Waals surface area contributed by atoms with Crippen LogP contribution in [0.3, 0.4) is 0 Å². The van der Waals surface area contributed by atoms with Crippen LogP contribution in [0.15, 0.2) is 6.20 Å². The van der Waals surface area contributed by atoms with Crippen molar-refractivity contribution >= 4 is 17.6 Å². The molecule has 0 atom stereocenters. The number of hydrogen-bond donors (Lipinski definition) is 2. The summed E-state index contributed by atoms with van der Waals surface area (Å²) in [7, 11) is 0. The molecule has 0 radical (unpaired) electrons. The Morgan fingerprint density at radius 3 is 2.80 bits per heavy atom. The fourth-order valence-corrected chi connectivity index (χ4v) is 0.863. The lowest BCUT2D eigenvalue weighted by Gasteiger charge is -2.02. The molecular weight excluding hydrogens is 198 g/mol. The van der Waals surface area contributed by atoms with E-state index in [4.69, 9.17) is 5.73 Å². The van der Waals surface area contributed by atoms with Gasteiger partial charge in [-0.3, -0.25) is 9.59 Å². The molecule has 2 amide bonds. The van der Waals surface area contributed by atoms with Gasteiger partial charge >= 0.3 is 0 Å². The van der Waals surface area contributed by atoms with Crippen molar-refractivity contribution in [3.8, 4) is 0 Å². The maximum Gasteiger partial charge on any atom is 0.239 e. The molecule has 0 saturated carbocycles. The Balaban J connectivity index is 2.60. The molecule has 0 aromatic carbocycles. The lowest BCUT2D eigenvalue weighted by atomic mass is 10.2. The molecule has 7 nitrogen and oxygen atoms in total. The van der Waals surface area contributed by atoms with E-state index in [2.05, 4.69) is 15.6 Å². The van der Waals surface area contributed by atoms with Crippen LogP contribution in [0, 0.1) is 5.92 Å². The van der Waals surface area contributed by atoms with Gasteiger partial charge in [0.05, 0.1) is 6.20 Å². The van der Waals surface area contributed by atoms with E-state index in [0.717, 1.165) is 0 Å². The van der Waals surface area contributed by atoms with Gasteiger partial charge in [-0.05, 0) is 0 Å². The molecule has 1 aromatic rings. The molecule has 1 heterocycles. The largest absolute Gasteiger partial charge is 0.368 e. The Hall–Kier alpha value is -1.92. The number of carbonyl (C=O) groups is 2. The van der Waals surface area contributed by atoms with Crippen LogP contribution in [0.4, 0.5) is 5.82 Å². The number of hydrogen-bond acceptors (Lipinski definition) is 4. The van der Waals surface area contributed by atoms with Gasteiger partial charge in [-0.15, -0.1) is 5.10 Å². The van der Waals surface area contributed by atoms with Crippen molar-refractivity contribution < 1.29 is 9.59 Å². The van der Waals surface area contributed by atoms with Gasteiger partial charge in [-0.1, -0.05) is 19.1 Å². The average Bonchev–Trinajstić information content (AvgIpc) is 2.51. The summed E-state index contributed by atoms with van der Waals surface area (Å²) in [5.41, 5.74) is 4.97. The van der Waals surface area contributed by atoms with Crippen LogP contribution in [0.2, 0.25) is 0 Å². The van der Waals surface area contributed by atoms with Crippen molar-refractivity contribution in [1.82, 2.24) is 15.0 Å². The maximum absolute atomic E-state index is 11.3. The lowest BCUT2D eigenvalue weighted by Crippen LogP contribution is -2.19. The normalized spacial score (nSPS) is 10.3. The van der Waals surface area contributed by atoms with Crippen molar-refractivity contribution in [2.45, 2.75) is 20.4 Å². The Labute approximate surface area is 86.6 Å². The van der Waals surface area contributed by atoms with E-state index in [-0.39, 0.29) is 18.4 Å². The second-order valence-electron chi connectivity index (χ2n) is 3.41. The number of nitrogens with two attached hydrogens (primary N) is 1. The second-order valence-corrected chi connectivity index (χ2v) is 3.41. The quantitative estimate of drug-likeness (QED) is 0.691. The number of amides is 2. The molecule has 7 heteroatoms. The van der Waals surface area contributed by atoms with E-state index in [1.54, 1.807) is 13.8 Å². The molecule has 3 N–H and O–H groups in total. The minimum Gasteiger partial charge on any atom is -0.368 e. The third-order valence-electron chi connectivity index (χ3n) is 1.63. The first kappa shape index (κ1) is 11.2. The Kier molecular flexibility index (Phi) is 3.37. The number of carbonyl (C=O) groups excluding carboxylic acids is 2. The minimum absolute atomic E-state index is 0.0510. The summed E-state index contributed by atoms with van der Waals surface area (Å²) < 4.78 is 1.26. The van der Waals surface area contributed by atoms with E-state index >= 15 is 0 Å². The number of anilines is 1. The van der Waals surface area contributed by atoms with Crippen molar-refractivity contribution in [2.75, 3.05) is 5.32 Å². The summed E-state index contributed by atoms with van der Waals surface area (Å²) in [6.45, 7) is 3.48. The first-order chi connectivity index (χ1) is 6.99. The molecule has 0 bridgehead atoms. The van der Waals surface area contributed by atoms with Gasteiger partial charge in [0, 0.05) is 5.92 Å². The van der Waals surface area contributed by atoms with Crippen LogP contribution in [-0.4, -0.2) is 26.8 Å². The van der Waals surface area contributed by atoms with Crippen molar-refractivity contribution in [1.29, 1.82) is 0 Å². The van der Waals surface area contributed by atoms with Crippen LogP contribution >= 0.6 is 0 Å². The van der Waals surface area contributed by atoms with Crippen molar-refractivity contribution in [2.24, 2.45) is 11.7 Å². The van der Waals surface area contributed by atoms with Gasteiger partial charge in [0.25, 0.3) is 0 Å². The first-order valence-electron chi connectivity index (χ1n) is 4.48. The Bertz CT molecular complexity index is 371. The van der Waals surface area contributed by atoms with Gasteiger partial charge in [0.2, 0.25) is 11.8 Å². The van der Waals surface area contributed by atoms with Gasteiger partial charge in [0.1, 0.15) is 6.54 Å². The van der Waals surface area contributed by atoms with Gasteiger partial charge < -0.3 is 11.1 Å². The third kappa shape index (κ3) is 3.37. The highest BCUT2D eigenvalue weighted by Gasteiger charge is 2.09. The summed E-state index contributed by atoms with van der Waals surface area (Å²) in [5.74, 6) is -0.482. The first-order valence-corrected chi connectivity index (χ1v) is 4.48. The highest BCUT2D eigenvalue weighted by molar-refractivity contribution is 5.90. The molecule has 15 heavy (non-hydrogen) atoms. The van der Waals surface area contributed by atoms with Gasteiger partial charge in [-0.25, -0.2) is 4.68 Å². The van der Waals surface area contributed by atoms with Gasteiger partial charge in [0.15, 0.2) is 5.82 Å². The zero-order valence-corrected chi connectivity index (χ0v) is 8.60. The van der Waals surface area contributed by atoms with E-state index in [0.29, 0.717) is 5.82 Å². The third-order valence-corrected chi connectivity index (χ3v) is 1.63. The summed E-state index contributed by atoms with van der Waals surface area (Å²) in [5, 5.41) is 9.83. The van der Waals surface area contributed by atoms with Crippen LogP contribution < -0.4 is 11.1 Å². The predicted octanol–water partition coefficient (Wildman–Crippen LogP) is -0.642. The molecule has 0 aliphatic carbocycles. The van der Waals surface area contributed by atoms with E-state index in [1.807, 2.05) is 0 Å². The highest BCUT2D eigenvalue weighted by atomic mass is 16.2. The number of nitrogens with zero attached hydrogens (tertiary/aromatic N) is 3. The standard InChI is InChI=1S/C8H13N5O2/c1-5(2)8(15)10-7-4-13(12-11-7)3-6(9)14/h4-5H,3H2,1-2H3,(H2,9,14)(H,10,15). The van der Waals surface area contributed by atoms with Crippen molar-refractivity contribution in [3.05, 3.63) is 6.20 Å². The smallest absolute Gasteiger partial charge is 0.239 e. The Morgan fingerprint density at radius 2 is 2.27 bits per heavy atom. The van der Waals surface area contributed by atoms with Crippen LogP contribution in [0.5, 0.6) is 0 Å². The van der Waals surface area contributed by atoms with Gasteiger partial charge in [-0.2, -0.15) is 0 Å². The molecule has 82 valence electrons. The summed E-state index contributed by atoms with van der Waals surface area (Å²) in [6, 6.07) is 0. The second kappa shape index (κ2) is 4.54. The molecule has 0 saturated heterocycles. The lowest BCUT2D eigenvalue weighted by molar-refractivity contribution is -0.119. The number of aromatic nitrogens is 3. The van der Waals surface area contributed by atoms with E-state index in [1.165, 1.54) is 10.9 Å². The summed E-state index contributed by atoms with van der Waals surface area (Å²) >= 11 is 0. The number of rotatable bonds is 4. The fraction of sp³-hybridized carbons (Fsp3) is 0.500. The molecule has 0 fully saturated rings. The topological polar surface area (TPSA) is 103 Å². The SMILES string of the molecule is CC(C)C(=O)Nc1cn(CC(N)=O)nn1. The van der Waals surface area contributed by atoms with E-state index < -0.39 is 5.91 Å². The maximum atomic E-state index is 11.3. The monoisotopic (exact) mass is 211 g/mol. The van der Waals surface area contributed by atoms with Crippen molar-refractivity contribution in [3.63, 3.8) is 0 Å². The Morgan fingerprint density at radius 1 is 1.60 bits per heavy atom. The fourth-order valence-electron chi connectivity index (χ4n) is 0.863. The molecule has 0 aliphatic rings. The average molecular weight is 211 g/mol. The molecule has 0 aliphatic heterocycles. The minimum atomic E-state index is -0.512. The summed E-state index contributed by atoms with van der Waals surface area (Å²) in [6.07, 6.45) is 1.45. The predicted molar refractivity (Wildman–Crippen MR) is 52.7 cm³/mol. The van der Waals surface area contributed by atoms with Crippen LogP contribution in [0.1, 0.15) is 13.8 Å². The van der Waals surface area contributed by atoms with Crippen LogP contribution in [-0.2, 0) is 16.1 Å². The molecule has 1 aromatic heterocycles. The zero-order valence-electron chi connectivity index (χ0n) is 8.60. The molecule has 0 unspecified atom stereocenters. The number of nitrogens with one attached hydrogen (secondary N) is 1. The molecule has 1 rings (SSSR count). The number of primary amides is 1. The van der Waals surface area contributed by atoms with E-state index in [9.17, 15) is 9.59 Å².